The highest BCUT2D eigenvalue weighted by molar-refractivity contribution is 5.93. The summed E-state index contributed by atoms with van der Waals surface area (Å²) in [6.45, 7) is 1.59. The first-order valence-corrected chi connectivity index (χ1v) is 7.66. The van der Waals surface area contributed by atoms with Crippen LogP contribution in [0.4, 0.5) is 4.39 Å². The quantitative estimate of drug-likeness (QED) is 0.733. The van der Waals surface area contributed by atoms with Gasteiger partial charge in [-0.1, -0.05) is 12.1 Å². The first kappa shape index (κ1) is 16.8. The van der Waals surface area contributed by atoms with Crippen molar-refractivity contribution < 1.29 is 14.3 Å². The molecule has 1 aromatic carbocycles. The Balaban J connectivity index is 1.69. The van der Waals surface area contributed by atoms with Crippen molar-refractivity contribution in [3.63, 3.8) is 0 Å². The molecule has 2 N–H and O–H groups in total. The Labute approximate surface area is 143 Å². The van der Waals surface area contributed by atoms with Crippen molar-refractivity contribution in [2.45, 2.75) is 12.5 Å². The molecule has 2 heterocycles. The lowest BCUT2D eigenvalue weighted by molar-refractivity contribution is 0.0526. The van der Waals surface area contributed by atoms with E-state index in [2.05, 4.69) is 15.5 Å². The van der Waals surface area contributed by atoms with Crippen LogP contribution in [0, 0.1) is 5.82 Å². The zero-order chi connectivity index (χ0) is 18.0. The molecule has 3 aromatic rings. The first-order valence-electron chi connectivity index (χ1n) is 7.66. The lowest BCUT2D eigenvalue weighted by Gasteiger charge is -2.22. The molecule has 1 amide bonds. The van der Waals surface area contributed by atoms with E-state index >= 15 is 0 Å². The Kier molecular flexibility index (Phi) is 4.37. The predicted octanol–water partition coefficient (Wildman–Crippen LogP) is 1.38. The van der Waals surface area contributed by atoms with Crippen molar-refractivity contribution in [2.24, 2.45) is 7.05 Å². The summed E-state index contributed by atoms with van der Waals surface area (Å²) < 4.78 is 16.6. The van der Waals surface area contributed by atoms with E-state index in [1.807, 2.05) is 0 Å². The molecular weight excluding hydrogens is 325 g/mol. The average Bonchev–Trinajstić information content (AvgIpc) is 3.23. The number of nitrogens with zero attached hydrogens (tertiary/aromatic N) is 4. The van der Waals surface area contributed by atoms with Crippen LogP contribution in [-0.4, -0.2) is 37.1 Å². The average molecular weight is 343 g/mol. The summed E-state index contributed by atoms with van der Waals surface area (Å²) in [6.07, 6.45) is 6.01. The number of aryl methyl sites for hydroxylation is 1. The molecule has 0 fully saturated rings. The highest BCUT2D eigenvalue weighted by Gasteiger charge is 2.26. The molecule has 7 nitrogen and oxygen atoms in total. The largest absolute Gasteiger partial charge is 0.383 e. The minimum Gasteiger partial charge on any atom is -0.383 e. The van der Waals surface area contributed by atoms with Gasteiger partial charge in [-0.05, 0) is 19.1 Å². The Morgan fingerprint density at radius 2 is 2.04 bits per heavy atom. The maximum atomic E-state index is 13.8. The third-order valence-corrected chi connectivity index (χ3v) is 3.86. The van der Waals surface area contributed by atoms with Crippen LogP contribution in [0.1, 0.15) is 22.8 Å². The molecule has 0 aliphatic heterocycles. The first-order chi connectivity index (χ1) is 11.9. The molecule has 0 bridgehead atoms. The second-order valence-corrected chi connectivity index (χ2v) is 5.98. The molecule has 0 aliphatic carbocycles. The number of para-hydroxylation sites is 1. The Hall–Kier alpha value is -3.00. The number of rotatable bonds is 5. The fourth-order valence-corrected chi connectivity index (χ4v) is 2.37. The van der Waals surface area contributed by atoms with Crippen LogP contribution < -0.4 is 5.32 Å². The normalized spacial score (nSPS) is 13.4. The Morgan fingerprint density at radius 1 is 1.28 bits per heavy atom. The smallest absolute Gasteiger partial charge is 0.254 e. The van der Waals surface area contributed by atoms with Crippen molar-refractivity contribution in [1.29, 1.82) is 0 Å². The molecule has 2 aromatic heterocycles. The zero-order valence-corrected chi connectivity index (χ0v) is 13.8. The van der Waals surface area contributed by atoms with E-state index < -0.39 is 17.3 Å². The zero-order valence-electron chi connectivity index (χ0n) is 13.8. The van der Waals surface area contributed by atoms with Crippen LogP contribution >= 0.6 is 0 Å². The van der Waals surface area contributed by atoms with Crippen molar-refractivity contribution in [3.05, 3.63) is 66.0 Å². The minimum atomic E-state index is -1.26. The molecule has 8 heteroatoms. The second-order valence-electron chi connectivity index (χ2n) is 5.98. The van der Waals surface area contributed by atoms with Gasteiger partial charge < -0.3 is 10.4 Å². The van der Waals surface area contributed by atoms with E-state index in [0.717, 1.165) is 0 Å². The molecule has 25 heavy (non-hydrogen) atoms. The monoisotopic (exact) mass is 343 g/mol. The summed E-state index contributed by atoms with van der Waals surface area (Å²) in [4.78, 5) is 12.3. The molecule has 3 rings (SSSR count). The summed E-state index contributed by atoms with van der Waals surface area (Å²) in [7, 11) is 1.75. The lowest BCUT2D eigenvalue weighted by Crippen LogP contribution is -2.38. The SMILES string of the molecule is Cn1cc(C(C)(O)CNC(=O)c2cnn(-c3ccccc3F)c2)cn1. The van der Waals surface area contributed by atoms with Crippen LogP contribution in [0.25, 0.3) is 5.69 Å². The number of carbonyl (C=O) groups excluding carboxylic acids is 1. The van der Waals surface area contributed by atoms with E-state index in [4.69, 9.17) is 0 Å². The van der Waals surface area contributed by atoms with Crippen molar-refractivity contribution >= 4 is 5.91 Å². The molecule has 0 aliphatic rings. The number of carbonyl (C=O) groups is 1. The third-order valence-electron chi connectivity index (χ3n) is 3.86. The fraction of sp³-hybridized carbons (Fsp3) is 0.235. The molecule has 0 radical (unpaired) electrons. The van der Waals surface area contributed by atoms with Gasteiger partial charge in [-0.3, -0.25) is 9.48 Å². The van der Waals surface area contributed by atoms with E-state index in [1.165, 1.54) is 23.1 Å². The van der Waals surface area contributed by atoms with Crippen LogP contribution in [0.5, 0.6) is 0 Å². The summed E-state index contributed by atoms with van der Waals surface area (Å²) in [6, 6.07) is 6.15. The van der Waals surface area contributed by atoms with Gasteiger partial charge in [-0.25, -0.2) is 9.07 Å². The van der Waals surface area contributed by atoms with E-state index in [0.29, 0.717) is 5.56 Å². The second kappa shape index (κ2) is 6.48. The van der Waals surface area contributed by atoms with Crippen molar-refractivity contribution in [3.8, 4) is 5.69 Å². The minimum absolute atomic E-state index is 0.00239. The maximum absolute atomic E-state index is 13.8. The molecule has 0 saturated heterocycles. The predicted molar refractivity (Wildman–Crippen MR) is 88.6 cm³/mol. The van der Waals surface area contributed by atoms with Gasteiger partial charge in [0.1, 0.15) is 17.1 Å². The number of halogens is 1. The number of hydrogen-bond donors (Lipinski definition) is 2. The maximum Gasteiger partial charge on any atom is 0.254 e. The molecule has 1 unspecified atom stereocenters. The summed E-state index contributed by atoms with van der Waals surface area (Å²) in [5, 5.41) is 21.2. The van der Waals surface area contributed by atoms with Crippen molar-refractivity contribution in [1.82, 2.24) is 24.9 Å². The molecular formula is C17H18FN5O2. The van der Waals surface area contributed by atoms with E-state index in [9.17, 15) is 14.3 Å². The number of hydrogen-bond acceptors (Lipinski definition) is 4. The van der Waals surface area contributed by atoms with Gasteiger partial charge in [0.05, 0.1) is 24.5 Å². The molecule has 0 spiro atoms. The van der Waals surface area contributed by atoms with Crippen LogP contribution in [0.15, 0.2) is 49.1 Å². The number of amides is 1. The molecule has 130 valence electrons. The van der Waals surface area contributed by atoms with Gasteiger partial charge in [-0.2, -0.15) is 10.2 Å². The highest BCUT2D eigenvalue weighted by atomic mass is 19.1. The van der Waals surface area contributed by atoms with Crippen LogP contribution in [0.3, 0.4) is 0 Å². The number of aromatic nitrogens is 4. The third kappa shape index (κ3) is 3.58. The van der Waals surface area contributed by atoms with Gasteiger partial charge in [0.25, 0.3) is 5.91 Å². The number of aliphatic hydroxyl groups is 1. The topological polar surface area (TPSA) is 85.0 Å². The molecule has 1 atom stereocenters. The summed E-state index contributed by atoms with van der Waals surface area (Å²) >= 11 is 0. The lowest BCUT2D eigenvalue weighted by atomic mass is 10.00. The standard InChI is InChI=1S/C17H18FN5O2/c1-17(25,13-8-20-22(2)10-13)11-19-16(24)12-7-21-23(9-12)15-6-4-3-5-14(15)18/h3-10,25H,11H2,1-2H3,(H,19,24). The van der Waals surface area contributed by atoms with E-state index in [-0.39, 0.29) is 17.8 Å². The van der Waals surface area contributed by atoms with Gasteiger partial charge >= 0.3 is 0 Å². The fourth-order valence-electron chi connectivity index (χ4n) is 2.37. The van der Waals surface area contributed by atoms with Crippen LogP contribution in [0.2, 0.25) is 0 Å². The van der Waals surface area contributed by atoms with Gasteiger partial charge in [0, 0.05) is 25.0 Å². The Bertz CT molecular complexity index is 900. The summed E-state index contributed by atoms with van der Waals surface area (Å²) in [5.41, 5.74) is -0.141. The van der Waals surface area contributed by atoms with Gasteiger partial charge in [0.2, 0.25) is 0 Å². The number of benzene rings is 1. The number of nitrogens with one attached hydrogen (secondary N) is 1. The van der Waals surface area contributed by atoms with E-state index in [1.54, 1.807) is 49.2 Å². The van der Waals surface area contributed by atoms with Crippen molar-refractivity contribution in [2.75, 3.05) is 6.54 Å². The Morgan fingerprint density at radius 3 is 2.72 bits per heavy atom. The summed E-state index contributed by atoms with van der Waals surface area (Å²) in [5.74, 6) is -0.844. The molecule has 0 saturated carbocycles. The highest BCUT2D eigenvalue weighted by Crippen LogP contribution is 2.19. The van der Waals surface area contributed by atoms with Crippen LogP contribution in [-0.2, 0) is 12.6 Å². The van der Waals surface area contributed by atoms with Gasteiger partial charge in [-0.15, -0.1) is 0 Å². The van der Waals surface area contributed by atoms with Gasteiger partial charge in [0.15, 0.2) is 0 Å².